The van der Waals surface area contributed by atoms with Crippen molar-refractivity contribution in [3.8, 4) is 5.75 Å². The molecule has 120 valence electrons. The Bertz CT molecular complexity index is 680. The zero-order valence-electron chi connectivity index (χ0n) is 13.0. The number of carbonyl (C=O) groups excluding carboxylic acids is 1. The van der Waals surface area contributed by atoms with Crippen LogP contribution < -0.4 is 14.4 Å². The molecule has 1 aromatic heterocycles. The number of hydrogen-bond donors (Lipinski definition) is 0. The van der Waals surface area contributed by atoms with E-state index in [4.69, 9.17) is 4.74 Å². The van der Waals surface area contributed by atoms with Gasteiger partial charge in [0.2, 0.25) is 0 Å². The number of anilines is 1. The average Bonchev–Trinajstić information content (AvgIpc) is 2.62. The second-order valence-electron chi connectivity index (χ2n) is 5.40. The Morgan fingerprint density at radius 3 is 2.39 bits per heavy atom. The van der Waals surface area contributed by atoms with Gasteiger partial charge in [0.25, 0.3) is 5.91 Å². The molecule has 0 spiro atoms. The molecule has 0 unspecified atom stereocenters. The zero-order valence-corrected chi connectivity index (χ0v) is 13.0. The summed E-state index contributed by atoms with van der Waals surface area (Å²) in [5, 5.41) is 11.1. The van der Waals surface area contributed by atoms with Crippen molar-refractivity contribution in [2.24, 2.45) is 0 Å². The molecular formula is C17H19N3O3. The first-order chi connectivity index (χ1) is 11.2. The summed E-state index contributed by atoms with van der Waals surface area (Å²) in [4.78, 5) is 16.5. The van der Waals surface area contributed by atoms with Gasteiger partial charge in [0.1, 0.15) is 5.75 Å². The van der Waals surface area contributed by atoms with Crippen LogP contribution in [0.5, 0.6) is 5.75 Å². The molecule has 6 nitrogen and oxygen atoms in total. The summed E-state index contributed by atoms with van der Waals surface area (Å²) in [6.07, 6.45) is 2.69. The molecule has 0 aliphatic carbocycles. The number of methoxy groups -OCH3 is 1. The van der Waals surface area contributed by atoms with Crippen molar-refractivity contribution in [1.82, 2.24) is 4.90 Å². The molecule has 0 radical (unpaired) electrons. The number of aromatic nitrogens is 1. The maximum atomic E-state index is 12.4. The molecule has 23 heavy (non-hydrogen) atoms. The normalized spacial score (nSPS) is 14.7. The lowest BCUT2D eigenvalue weighted by molar-refractivity contribution is -0.605. The first-order valence-corrected chi connectivity index (χ1v) is 7.55. The van der Waals surface area contributed by atoms with E-state index in [2.05, 4.69) is 4.90 Å². The first kappa shape index (κ1) is 15.1. The summed E-state index contributed by atoms with van der Waals surface area (Å²) in [5.41, 5.74) is 1.59. The number of rotatable bonds is 3. The van der Waals surface area contributed by atoms with Crippen molar-refractivity contribution in [1.29, 1.82) is 0 Å². The highest BCUT2D eigenvalue weighted by Crippen LogP contribution is 2.28. The molecule has 6 heteroatoms. The van der Waals surface area contributed by atoms with Crippen molar-refractivity contribution >= 4 is 11.6 Å². The van der Waals surface area contributed by atoms with Gasteiger partial charge in [-0.25, -0.2) is 0 Å². The zero-order chi connectivity index (χ0) is 16.2. The van der Waals surface area contributed by atoms with E-state index >= 15 is 0 Å². The van der Waals surface area contributed by atoms with E-state index in [9.17, 15) is 10.0 Å². The summed E-state index contributed by atoms with van der Waals surface area (Å²) in [5.74, 6) is 0.806. The highest BCUT2D eigenvalue weighted by molar-refractivity contribution is 5.94. The van der Waals surface area contributed by atoms with Gasteiger partial charge < -0.3 is 19.7 Å². The van der Waals surface area contributed by atoms with Crippen LogP contribution in [0.25, 0.3) is 0 Å². The molecule has 0 atom stereocenters. The Morgan fingerprint density at radius 2 is 1.74 bits per heavy atom. The van der Waals surface area contributed by atoms with Crippen molar-refractivity contribution < 1.29 is 14.3 Å². The Balaban J connectivity index is 1.66. The molecule has 2 aromatic rings. The predicted molar refractivity (Wildman–Crippen MR) is 86.5 cm³/mol. The van der Waals surface area contributed by atoms with Gasteiger partial charge in [-0.1, -0.05) is 12.1 Å². The number of nitrogens with zero attached hydrogens (tertiary/aromatic N) is 3. The third kappa shape index (κ3) is 3.21. The lowest BCUT2D eigenvalue weighted by atomic mass is 10.2. The molecule has 1 aliphatic heterocycles. The van der Waals surface area contributed by atoms with Crippen LogP contribution in [0.4, 0.5) is 5.69 Å². The average molecular weight is 313 g/mol. The quantitative estimate of drug-likeness (QED) is 0.633. The molecule has 1 aromatic carbocycles. The fraction of sp³-hybridized carbons (Fsp3) is 0.294. The molecule has 1 aliphatic rings. The first-order valence-electron chi connectivity index (χ1n) is 7.55. The second-order valence-corrected chi connectivity index (χ2v) is 5.40. The molecule has 0 bridgehead atoms. The molecule has 2 heterocycles. The standard InChI is InChI=1S/C17H19N3O3/c1-23-16-5-3-2-4-15(16)18-10-12-19(13-11-18)17(21)14-6-8-20(22)9-7-14/h2-9H,10-13H2,1H3. The molecule has 1 amide bonds. The number of para-hydroxylation sites is 2. The van der Waals surface area contributed by atoms with E-state index in [0.717, 1.165) is 24.5 Å². The van der Waals surface area contributed by atoms with E-state index in [1.165, 1.54) is 12.4 Å². The molecule has 0 N–H and O–H groups in total. The van der Waals surface area contributed by atoms with Gasteiger partial charge in [-0.05, 0) is 12.1 Å². The summed E-state index contributed by atoms with van der Waals surface area (Å²) in [6, 6.07) is 11.0. The molecule has 1 saturated heterocycles. The minimum absolute atomic E-state index is 0.0368. The highest BCUT2D eigenvalue weighted by atomic mass is 16.5. The smallest absolute Gasteiger partial charge is 0.254 e. The van der Waals surface area contributed by atoms with Gasteiger partial charge in [-0.3, -0.25) is 4.79 Å². The number of amides is 1. The maximum absolute atomic E-state index is 12.4. The van der Waals surface area contributed by atoms with E-state index in [1.807, 2.05) is 29.2 Å². The van der Waals surface area contributed by atoms with Crippen LogP contribution in [0.2, 0.25) is 0 Å². The Labute approximate surface area is 135 Å². The maximum Gasteiger partial charge on any atom is 0.254 e. The SMILES string of the molecule is COc1ccccc1N1CCN(C(=O)c2cc[n+]([O-])cc2)CC1. The fourth-order valence-corrected chi connectivity index (χ4v) is 2.78. The van der Waals surface area contributed by atoms with E-state index in [0.29, 0.717) is 23.4 Å². The summed E-state index contributed by atoms with van der Waals surface area (Å²) >= 11 is 0. The Kier molecular flexibility index (Phi) is 4.32. The lowest BCUT2D eigenvalue weighted by Gasteiger charge is -2.36. The van der Waals surface area contributed by atoms with Crippen molar-refractivity contribution in [2.45, 2.75) is 0 Å². The van der Waals surface area contributed by atoms with E-state index in [-0.39, 0.29) is 5.91 Å². The molecular weight excluding hydrogens is 294 g/mol. The van der Waals surface area contributed by atoms with Crippen molar-refractivity contribution in [3.05, 3.63) is 59.6 Å². The third-order valence-corrected chi connectivity index (χ3v) is 4.04. The fourth-order valence-electron chi connectivity index (χ4n) is 2.78. The van der Waals surface area contributed by atoms with Gasteiger partial charge >= 0.3 is 0 Å². The monoisotopic (exact) mass is 313 g/mol. The predicted octanol–water partition coefficient (Wildman–Crippen LogP) is 1.29. The van der Waals surface area contributed by atoms with Gasteiger partial charge in [0.15, 0.2) is 12.4 Å². The molecule has 0 saturated carbocycles. The third-order valence-electron chi connectivity index (χ3n) is 4.04. The van der Waals surface area contributed by atoms with Crippen LogP contribution in [0.3, 0.4) is 0 Å². The minimum atomic E-state index is -0.0368. The highest BCUT2D eigenvalue weighted by Gasteiger charge is 2.23. The topological polar surface area (TPSA) is 59.7 Å². The Hall–Kier alpha value is -2.76. The summed E-state index contributed by atoms with van der Waals surface area (Å²) in [7, 11) is 1.66. The number of carbonyl (C=O) groups is 1. The second kappa shape index (κ2) is 6.56. The van der Waals surface area contributed by atoms with E-state index in [1.54, 1.807) is 19.2 Å². The van der Waals surface area contributed by atoms with Crippen LogP contribution in [-0.4, -0.2) is 44.1 Å². The largest absolute Gasteiger partial charge is 0.619 e. The summed E-state index contributed by atoms with van der Waals surface area (Å²) < 4.78 is 6.08. The van der Waals surface area contributed by atoms with Gasteiger partial charge in [-0.15, -0.1) is 0 Å². The number of benzene rings is 1. The van der Waals surface area contributed by atoms with Gasteiger partial charge in [-0.2, -0.15) is 4.73 Å². The van der Waals surface area contributed by atoms with Gasteiger partial charge in [0.05, 0.1) is 18.4 Å². The summed E-state index contributed by atoms with van der Waals surface area (Å²) in [6.45, 7) is 2.79. The number of piperazine rings is 1. The molecule has 3 rings (SSSR count). The van der Waals surface area contributed by atoms with Crippen molar-refractivity contribution in [2.75, 3.05) is 38.2 Å². The van der Waals surface area contributed by atoms with Crippen LogP contribution in [0, 0.1) is 5.21 Å². The van der Waals surface area contributed by atoms with E-state index < -0.39 is 0 Å². The number of ether oxygens (including phenoxy) is 1. The lowest BCUT2D eigenvalue weighted by Crippen LogP contribution is -2.49. The molecule has 1 fully saturated rings. The van der Waals surface area contributed by atoms with Crippen LogP contribution >= 0.6 is 0 Å². The number of hydrogen-bond acceptors (Lipinski definition) is 4. The van der Waals surface area contributed by atoms with Crippen LogP contribution in [-0.2, 0) is 0 Å². The number of pyridine rings is 1. The van der Waals surface area contributed by atoms with Gasteiger partial charge in [0, 0.05) is 38.3 Å². The Morgan fingerprint density at radius 1 is 1.09 bits per heavy atom. The van der Waals surface area contributed by atoms with Crippen LogP contribution in [0.1, 0.15) is 10.4 Å². The van der Waals surface area contributed by atoms with Crippen LogP contribution in [0.15, 0.2) is 48.8 Å². The minimum Gasteiger partial charge on any atom is -0.619 e. The van der Waals surface area contributed by atoms with Crippen molar-refractivity contribution in [3.63, 3.8) is 0 Å².